The van der Waals surface area contributed by atoms with Crippen molar-refractivity contribution >= 4 is 46.2 Å². The fourth-order valence-corrected chi connectivity index (χ4v) is 5.93. The molecule has 43 heavy (non-hydrogen) atoms. The van der Waals surface area contributed by atoms with Crippen LogP contribution in [0, 0.1) is 0 Å². The highest BCUT2D eigenvalue weighted by atomic mass is 35.5. The molecule has 6 rings (SSSR count). The number of nitrogens with one attached hydrogen (secondary N) is 1. The van der Waals surface area contributed by atoms with Crippen molar-refractivity contribution in [2.24, 2.45) is 0 Å². The van der Waals surface area contributed by atoms with Crippen LogP contribution in [0.15, 0.2) is 91.3 Å². The Bertz CT molecular complexity index is 1550. The summed E-state index contributed by atoms with van der Waals surface area (Å²) in [6.45, 7) is 6.23. The molecule has 2 atom stereocenters. The topological polar surface area (TPSA) is 76.2 Å². The average molecular weight is 620 g/mol. The first kappa shape index (κ1) is 29.3. The van der Waals surface area contributed by atoms with Crippen LogP contribution in [0.1, 0.15) is 22.8 Å². The molecular formula is C33H32Cl2N4O4. The third-order valence-corrected chi connectivity index (χ3v) is 8.25. The first-order valence-corrected chi connectivity index (χ1v) is 14.9. The van der Waals surface area contributed by atoms with E-state index in [1.54, 1.807) is 36.7 Å². The van der Waals surface area contributed by atoms with Gasteiger partial charge in [0.05, 0.1) is 11.6 Å². The van der Waals surface area contributed by atoms with E-state index in [2.05, 4.69) is 44.4 Å². The van der Waals surface area contributed by atoms with Crippen LogP contribution in [-0.2, 0) is 15.3 Å². The molecule has 3 heterocycles. The summed E-state index contributed by atoms with van der Waals surface area (Å²) in [6.07, 6.45) is 2.99. The van der Waals surface area contributed by atoms with Gasteiger partial charge in [-0.05, 0) is 79.7 Å². The molecule has 1 amide bonds. The van der Waals surface area contributed by atoms with Crippen molar-refractivity contribution in [2.75, 3.05) is 54.5 Å². The molecule has 0 unspecified atom stereocenters. The number of nitrogens with zero attached hydrogens (tertiary/aromatic N) is 3. The van der Waals surface area contributed by atoms with Gasteiger partial charge in [-0.25, -0.2) is 0 Å². The van der Waals surface area contributed by atoms with E-state index in [4.69, 9.17) is 37.4 Å². The molecule has 4 aromatic rings. The molecule has 2 fully saturated rings. The second kappa shape index (κ2) is 12.8. The van der Waals surface area contributed by atoms with E-state index in [1.165, 1.54) is 0 Å². The molecule has 222 valence electrons. The normalized spacial score (nSPS) is 20.2. The lowest BCUT2D eigenvalue weighted by molar-refractivity contribution is -0.164. The summed E-state index contributed by atoms with van der Waals surface area (Å²) < 4.78 is 18.2. The number of aromatic nitrogens is 1. The van der Waals surface area contributed by atoms with Crippen LogP contribution in [0.5, 0.6) is 5.75 Å². The van der Waals surface area contributed by atoms with E-state index < -0.39 is 5.79 Å². The first-order valence-electron chi connectivity index (χ1n) is 14.2. The zero-order chi connectivity index (χ0) is 29.8. The van der Waals surface area contributed by atoms with Crippen LogP contribution < -0.4 is 19.9 Å². The Kier molecular flexibility index (Phi) is 8.72. The third-order valence-electron chi connectivity index (χ3n) is 7.71. The highest BCUT2D eigenvalue weighted by molar-refractivity contribution is 6.35. The molecule has 10 heteroatoms. The molecule has 0 radical (unpaired) electrons. The minimum absolute atomic E-state index is 0.149. The highest BCUT2D eigenvalue weighted by Crippen LogP contribution is 2.38. The molecule has 0 bridgehead atoms. The number of hydrogen-bond acceptors (Lipinski definition) is 7. The van der Waals surface area contributed by atoms with E-state index in [0.29, 0.717) is 28.8 Å². The van der Waals surface area contributed by atoms with Crippen molar-refractivity contribution in [3.05, 3.63) is 112 Å². The molecular weight excluding hydrogens is 587 g/mol. The van der Waals surface area contributed by atoms with Crippen LogP contribution in [0.25, 0.3) is 0 Å². The van der Waals surface area contributed by atoms with Gasteiger partial charge in [0, 0.05) is 71.8 Å². The predicted molar refractivity (Wildman–Crippen MR) is 170 cm³/mol. The number of benzene rings is 3. The van der Waals surface area contributed by atoms with Gasteiger partial charge in [0.15, 0.2) is 5.79 Å². The van der Waals surface area contributed by atoms with Crippen LogP contribution in [-0.4, -0.2) is 56.4 Å². The van der Waals surface area contributed by atoms with Crippen molar-refractivity contribution in [1.29, 1.82) is 0 Å². The maximum Gasteiger partial charge on any atom is 0.255 e. The van der Waals surface area contributed by atoms with Crippen LogP contribution in [0.3, 0.4) is 0 Å². The molecule has 1 aromatic heterocycles. The number of piperazine rings is 1. The third kappa shape index (κ3) is 6.89. The number of hydrogen-bond donors (Lipinski definition) is 1. The number of carbonyl (C=O) groups excluding carboxylic acids is 1. The monoisotopic (exact) mass is 618 g/mol. The lowest BCUT2D eigenvalue weighted by Gasteiger charge is -2.37. The van der Waals surface area contributed by atoms with Crippen molar-refractivity contribution in [3.8, 4) is 5.75 Å². The van der Waals surface area contributed by atoms with Gasteiger partial charge >= 0.3 is 0 Å². The van der Waals surface area contributed by atoms with Crippen LogP contribution in [0.2, 0.25) is 10.0 Å². The average Bonchev–Trinajstić information content (AvgIpc) is 3.42. The van der Waals surface area contributed by atoms with Crippen LogP contribution >= 0.6 is 23.2 Å². The first-order chi connectivity index (χ1) is 20.9. The summed E-state index contributed by atoms with van der Waals surface area (Å²) in [5, 5.41) is 4.01. The van der Waals surface area contributed by atoms with Gasteiger partial charge in [-0.15, -0.1) is 0 Å². The Hall–Kier alpha value is -3.82. The number of amides is 1. The largest absolute Gasteiger partial charge is 0.491 e. The Morgan fingerprint density at radius 2 is 1.56 bits per heavy atom. The SMILES string of the molecule is C[C@]1(c2ccc(Cl)cc2Cl)OC[C@@H](COc2ccc(N3CCN(c4ccc(NC(=O)c5ccncc5)cc4)CC3)cc2)O1. The number of rotatable bonds is 8. The number of ether oxygens (including phenoxy) is 3. The van der Waals surface area contributed by atoms with Crippen molar-refractivity contribution in [1.82, 2.24) is 4.98 Å². The van der Waals surface area contributed by atoms with Crippen LogP contribution in [0.4, 0.5) is 17.1 Å². The van der Waals surface area contributed by atoms with E-state index >= 15 is 0 Å². The molecule has 8 nitrogen and oxygen atoms in total. The molecule has 2 aliphatic rings. The molecule has 2 aliphatic heterocycles. The molecule has 0 spiro atoms. The maximum absolute atomic E-state index is 12.4. The minimum Gasteiger partial charge on any atom is -0.491 e. The molecule has 3 aromatic carbocycles. The maximum atomic E-state index is 12.4. The fourth-order valence-electron chi connectivity index (χ4n) is 5.35. The van der Waals surface area contributed by atoms with E-state index in [9.17, 15) is 4.79 Å². The van der Waals surface area contributed by atoms with Gasteiger partial charge in [-0.2, -0.15) is 0 Å². The summed E-state index contributed by atoms with van der Waals surface area (Å²) in [5.41, 5.74) is 4.38. The number of anilines is 3. The zero-order valence-corrected chi connectivity index (χ0v) is 25.2. The molecule has 0 saturated carbocycles. The van der Waals surface area contributed by atoms with Crippen molar-refractivity contribution in [2.45, 2.75) is 18.8 Å². The standard InChI is InChI=1S/C33H32Cl2N4O4/c1-33(30-11-2-24(34)20-31(30)35)42-22-29(43-33)21-41-28-9-7-27(8-10-28)39-18-16-38(17-19-39)26-5-3-25(4-6-26)37-32(40)23-12-14-36-15-13-23/h2-15,20,29H,16-19,21-22H2,1H3,(H,37,40)/t29-,33+/m1/s1. The highest BCUT2D eigenvalue weighted by Gasteiger charge is 2.40. The van der Waals surface area contributed by atoms with Crippen molar-refractivity contribution in [3.63, 3.8) is 0 Å². The number of halogens is 2. The Labute approximate surface area is 261 Å². The number of pyridine rings is 1. The van der Waals surface area contributed by atoms with Gasteiger partial charge in [0.2, 0.25) is 0 Å². The minimum atomic E-state index is -0.944. The predicted octanol–water partition coefficient (Wildman–Crippen LogP) is 6.63. The summed E-state index contributed by atoms with van der Waals surface area (Å²) in [7, 11) is 0. The molecule has 2 saturated heterocycles. The van der Waals surface area contributed by atoms with Gasteiger partial charge in [-0.1, -0.05) is 29.3 Å². The van der Waals surface area contributed by atoms with Gasteiger partial charge in [-0.3, -0.25) is 9.78 Å². The Balaban J connectivity index is 0.964. The second-order valence-electron chi connectivity index (χ2n) is 10.6. The summed E-state index contributed by atoms with van der Waals surface area (Å²) in [5.74, 6) is -0.316. The van der Waals surface area contributed by atoms with Gasteiger partial charge < -0.3 is 29.3 Å². The molecule has 1 N–H and O–H groups in total. The summed E-state index contributed by atoms with van der Waals surface area (Å²) >= 11 is 12.4. The second-order valence-corrected chi connectivity index (χ2v) is 11.5. The van der Waals surface area contributed by atoms with E-state index in [-0.39, 0.29) is 12.0 Å². The van der Waals surface area contributed by atoms with Gasteiger partial charge in [0.25, 0.3) is 5.91 Å². The quantitative estimate of drug-likeness (QED) is 0.237. The van der Waals surface area contributed by atoms with E-state index in [1.807, 2.05) is 37.3 Å². The zero-order valence-electron chi connectivity index (χ0n) is 23.7. The lowest BCUT2D eigenvalue weighted by Crippen LogP contribution is -2.46. The lowest BCUT2D eigenvalue weighted by atomic mass is 10.1. The Morgan fingerprint density at radius 1 is 0.930 bits per heavy atom. The summed E-state index contributed by atoms with van der Waals surface area (Å²) in [6, 6.07) is 24.8. The van der Waals surface area contributed by atoms with Gasteiger partial charge in [0.1, 0.15) is 18.5 Å². The smallest absolute Gasteiger partial charge is 0.255 e. The Morgan fingerprint density at radius 3 is 2.19 bits per heavy atom. The van der Waals surface area contributed by atoms with E-state index in [0.717, 1.165) is 54.6 Å². The number of carbonyl (C=O) groups is 1. The van der Waals surface area contributed by atoms with Crippen molar-refractivity contribution < 1.29 is 19.0 Å². The summed E-state index contributed by atoms with van der Waals surface area (Å²) in [4.78, 5) is 21.1. The fraction of sp³-hybridized carbons (Fsp3) is 0.273. The molecule has 0 aliphatic carbocycles.